The highest BCUT2D eigenvalue weighted by atomic mass is 32.1. The van der Waals surface area contributed by atoms with Crippen molar-refractivity contribution in [3.63, 3.8) is 0 Å². The number of aryl methyl sites for hydroxylation is 3. The summed E-state index contributed by atoms with van der Waals surface area (Å²) in [7, 11) is 3.26. The van der Waals surface area contributed by atoms with Crippen LogP contribution < -0.4 is 14.3 Å². The van der Waals surface area contributed by atoms with Crippen molar-refractivity contribution in [2.75, 3.05) is 14.2 Å². The summed E-state index contributed by atoms with van der Waals surface area (Å²) < 4.78 is 15.5. The first-order valence-corrected chi connectivity index (χ1v) is 9.23. The van der Waals surface area contributed by atoms with Crippen molar-refractivity contribution < 1.29 is 14.3 Å². The van der Waals surface area contributed by atoms with E-state index in [0.717, 1.165) is 27.4 Å². The SMILES string of the molecule is CCn1nc(C)cc1C(=O)N=c1sc2c(OC)ccc(OC)c2n1CC. The molecule has 3 aromatic rings. The molecule has 3 rings (SSSR count). The summed E-state index contributed by atoms with van der Waals surface area (Å²) in [6.45, 7) is 7.10. The van der Waals surface area contributed by atoms with Crippen LogP contribution in [0.4, 0.5) is 0 Å². The highest BCUT2D eigenvalue weighted by molar-refractivity contribution is 7.16. The van der Waals surface area contributed by atoms with Gasteiger partial charge in [-0.05, 0) is 39.0 Å². The lowest BCUT2D eigenvalue weighted by Gasteiger charge is -2.08. The summed E-state index contributed by atoms with van der Waals surface area (Å²) in [5.74, 6) is 1.15. The van der Waals surface area contributed by atoms with Crippen LogP contribution in [0, 0.1) is 6.92 Å². The zero-order valence-electron chi connectivity index (χ0n) is 15.6. The van der Waals surface area contributed by atoms with Crippen LogP contribution in [0.3, 0.4) is 0 Å². The molecular weight excluding hydrogens is 352 g/mol. The van der Waals surface area contributed by atoms with E-state index in [2.05, 4.69) is 10.1 Å². The topological polar surface area (TPSA) is 70.6 Å². The zero-order chi connectivity index (χ0) is 18.8. The Morgan fingerprint density at radius 2 is 1.88 bits per heavy atom. The third kappa shape index (κ3) is 3.01. The molecule has 0 radical (unpaired) electrons. The standard InChI is InChI=1S/C18H22N4O3S/c1-6-21-15-13(24-4)8-9-14(25-5)16(15)26-18(21)19-17(23)12-10-11(3)20-22(12)7-2/h8-10H,6-7H2,1-5H3. The number of thiazole rings is 1. The number of amides is 1. The Bertz CT molecular complexity index is 1030. The van der Waals surface area contributed by atoms with E-state index >= 15 is 0 Å². The predicted octanol–water partition coefficient (Wildman–Crippen LogP) is 3.01. The molecule has 2 heterocycles. The van der Waals surface area contributed by atoms with Gasteiger partial charge in [0.1, 0.15) is 27.4 Å². The Hall–Kier alpha value is -2.61. The number of hydrogen-bond donors (Lipinski definition) is 0. The van der Waals surface area contributed by atoms with Gasteiger partial charge >= 0.3 is 0 Å². The van der Waals surface area contributed by atoms with Crippen molar-refractivity contribution in [3.8, 4) is 11.5 Å². The van der Waals surface area contributed by atoms with Crippen LogP contribution in [0.5, 0.6) is 11.5 Å². The lowest BCUT2D eigenvalue weighted by atomic mass is 10.3. The normalized spacial score (nSPS) is 12.0. The average molecular weight is 374 g/mol. The fourth-order valence-corrected chi connectivity index (χ4v) is 4.14. The summed E-state index contributed by atoms with van der Waals surface area (Å²) in [4.78, 5) is 17.8. The van der Waals surface area contributed by atoms with Crippen LogP contribution in [0.1, 0.15) is 30.0 Å². The van der Waals surface area contributed by atoms with Crippen LogP contribution in [-0.2, 0) is 13.1 Å². The second-order valence-corrected chi connectivity index (χ2v) is 6.66. The minimum Gasteiger partial charge on any atom is -0.495 e. The molecule has 0 atom stereocenters. The molecule has 0 bridgehead atoms. The first-order valence-electron chi connectivity index (χ1n) is 8.41. The lowest BCUT2D eigenvalue weighted by molar-refractivity contribution is 0.0987. The van der Waals surface area contributed by atoms with Gasteiger partial charge in [0.05, 0.1) is 19.9 Å². The number of rotatable bonds is 5. The number of hydrogen-bond acceptors (Lipinski definition) is 5. The highest BCUT2D eigenvalue weighted by Gasteiger charge is 2.17. The minimum absolute atomic E-state index is 0.306. The summed E-state index contributed by atoms with van der Waals surface area (Å²) in [5.41, 5.74) is 2.17. The fraction of sp³-hybridized carbons (Fsp3) is 0.389. The Balaban J connectivity index is 2.24. The van der Waals surface area contributed by atoms with Gasteiger partial charge in [0, 0.05) is 13.1 Å². The van der Waals surface area contributed by atoms with E-state index < -0.39 is 0 Å². The number of carbonyl (C=O) groups excluding carboxylic acids is 1. The summed E-state index contributed by atoms with van der Waals surface area (Å²) in [6, 6.07) is 5.49. The molecule has 0 unspecified atom stereocenters. The molecule has 7 nitrogen and oxygen atoms in total. The van der Waals surface area contributed by atoms with Gasteiger partial charge in [0.2, 0.25) is 0 Å². The first kappa shape index (κ1) is 18.2. The van der Waals surface area contributed by atoms with Crippen LogP contribution in [-0.4, -0.2) is 34.5 Å². The molecule has 0 N–H and O–H groups in total. The van der Waals surface area contributed by atoms with Gasteiger partial charge in [-0.15, -0.1) is 0 Å². The molecule has 138 valence electrons. The van der Waals surface area contributed by atoms with E-state index in [1.54, 1.807) is 25.0 Å². The minimum atomic E-state index is -0.306. The molecule has 26 heavy (non-hydrogen) atoms. The van der Waals surface area contributed by atoms with E-state index in [-0.39, 0.29) is 5.91 Å². The van der Waals surface area contributed by atoms with E-state index in [1.165, 1.54) is 11.3 Å². The van der Waals surface area contributed by atoms with Crippen LogP contribution in [0.25, 0.3) is 10.2 Å². The van der Waals surface area contributed by atoms with Gasteiger partial charge in [-0.2, -0.15) is 10.1 Å². The molecule has 1 aromatic carbocycles. The first-order chi connectivity index (χ1) is 12.5. The van der Waals surface area contributed by atoms with Gasteiger partial charge in [-0.25, -0.2) is 0 Å². The number of benzene rings is 1. The fourth-order valence-electron chi connectivity index (χ4n) is 2.94. The maximum Gasteiger partial charge on any atom is 0.297 e. The number of carbonyl (C=O) groups is 1. The summed E-state index contributed by atoms with van der Waals surface area (Å²) in [6.07, 6.45) is 0. The van der Waals surface area contributed by atoms with Crippen LogP contribution in [0.15, 0.2) is 23.2 Å². The molecular formula is C18H22N4O3S. The van der Waals surface area contributed by atoms with Gasteiger partial charge < -0.3 is 14.0 Å². The van der Waals surface area contributed by atoms with E-state index in [0.29, 0.717) is 23.6 Å². The Kier molecular flexibility index (Phi) is 5.13. The smallest absolute Gasteiger partial charge is 0.297 e. The average Bonchev–Trinajstić information content (AvgIpc) is 3.20. The molecule has 0 spiro atoms. The Labute approximate surface area is 155 Å². The van der Waals surface area contributed by atoms with Crippen molar-refractivity contribution in [1.29, 1.82) is 0 Å². The third-order valence-electron chi connectivity index (χ3n) is 4.13. The van der Waals surface area contributed by atoms with Crippen LogP contribution in [0.2, 0.25) is 0 Å². The third-order valence-corrected chi connectivity index (χ3v) is 5.22. The van der Waals surface area contributed by atoms with Crippen molar-refractivity contribution >= 4 is 27.5 Å². The zero-order valence-corrected chi connectivity index (χ0v) is 16.4. The molecule has 0 aliphatic rings. The van der Waals surface area contributed by atoms with Crippen molar-refractivity contribution in [2.45, 2.75) is 33.9 Å². The van der Waals surface area contributed by atoms with E-state index in [9.17, 15) is 4.79 Å². The Morgan fingerprint density at radius 3 is 2.50 bits per heavy atom. The lowest BCUT2D eigenvalue weighted by Crippen LogP contribution is -2.17. The molecule has 0 saturated heterocycles. The number of ether oxygens (including phenoxy) is 2. The van der Waals surface area contributed by atoms with Crippen LogP contribution >= 0.6 is 11.3 Å². The maximum absolute atomic E-state index is 12.8. The van der Waals surface area contributed by atoms with E-state index in [1.807, 2.05) is 37.5 Å². The number of methoxy groups -OCH3 is 2. The highest BCUT2D eigenvalue weighted by Crippen LogP contribution is 2.35. The summed E-state index contributed by atoms with van der Waals surface area (Å²) >= 11 is 1.41. The molecule has 1 amide bonds. The Morgan fingerprint density at radius 1 is 1.19 bits per heavy atom. The van der Waals surface area contributed by atoms with E-state index in [4.69, 9.17) is 9.47 Å². The monoisotopic (exact) mass is 374 g/mol. The second-order valence-electron chi connectivity index (χ2n) is 5.68. The second kappa shape index (κ2) is 7.33. The van der Waals surface area contributed by atoms with Gasteiger partial charge in [-0.1, -0.05) is 11.3 Å². The summed E-state index contributed by atoms with van der Waals surface area (Å²) in [5, 5.41) is 4.32. The number of nitrogens with zero attached hydrogens (tertiary/aromatic N) is 4. The van der Waals surface area contributed by atoms with Gasteiger partial charge in [-0.3, -0.25) is 9.48 Å². The molecule has 8 heteroatoms. The van der Waals surface area contributed by atoms with Crippen molar-refractivity contribution in [3.05, 3.63) is 34.4 Å². The maximum atomic E-state index is 12.8. The molecule has 0 saturated carbocycles. The molecule has 0 fully saturated rings. The largest absolute Gasteiger partial charge is 0.495 e. The molecule has 0 aliphatic heterocycles. The predicted molar refractivity (Wildman–Crippen MR) is 101 cm³/mol. The van der Waals surface area contributed by atoms with Gasteiger partial charge in [0.15, 0.2) is 4.80 Å². The molecule has 0 aliphatic carbocycles. The number of fused-ring (bicyclic) bond motifs is 1. The molecule has 2 aromatic heterocycles. The number of aromatic nitrogens is 3. The quantitative estimate of drug-likeness (QED) is 0.688. The van der Waals surface area contributed by atoms with Crippen molar-refractivity contribution in [1.82, 2.24) is 14.3 Å². The van der Waals surface area contributed by atoms with Crippen molar-refractivity contribution in [2.24, 2.45) is 4.99 Å². The van der Waals surface area contributed by atoms with Gasteiger partial charge in [0.25, 0.3) is 5.91 Å².